The molecule has 2 aliphatic rings. The summed E-state index contributed by atoms with van der Waals surface area (Å²) in [7, 11) is 0. The summed E-state index contributed by atoms with van der Waals surface area (Å²) in [4.78, 5) is 13.4. The summed E-state index contributed by atoms with van der Waals surface area (Å²) >= 11 is 0. The lowest BCUT2D eigenvalue weighted by molar-refractivity contribution is -0.232. The predicted octanol–water partition coefficient (Wildman–Crippen LogP) is -1.75. The summed E-state index contributed by atoms with van der Waals surface area (Å²) in [5, 5.41) is 104. The van der Waals surface area contributed by atoms with Crippen LogP contribution in [0.2, 0.25) is 0 Å². The van der Waals surface area contributed by atoms with E-state index in [1.54, 1.807) is 0 Å². The van der Waals surface area contributed by atoms with Crippen LogP contribution in [0, 0.1) is 0 Å². The third-order valence-electron chi connectivity index (χ3n) is 7.31. The Morgan fingerprint density at radius 2 is 1.43 bits per heavy atom. The highest BCUT2D eigenvalue weighted by atomic mass is 16.5. The molecule has 216 valence electrons. The molecule has 3 aromatic rings. The van der Waals surface area contributed by atoms with E-state index in [4.69, 9.17) is 13.9 Å². The maximum Gasteiger partial charge on any atom is 0.197 e. The molecule has 0 radical (unpaired) electrons. The van der Waals surface area contributed by atoms with Crippen molar-refractivity contribution in [2.75, 3.05) is 13.2 Å². The molecule has 0 saturated carbocycles. The first-order valence-corrected chi connectivity index (χ1v) is 12.3. The molecule has 2 fully saturated rings. The highest BCUT2D eigenvalue weighted by molar-refractivity contribution is 5.92. The number of aliphatic hydroxyl groups is 7. The quantitative estimate of drug-likeness (QED) is 0.169. The fourth-order valence-electron chi connectivity index (χ4n) is 5.11. The summed E-state index contributed by atoms with van der Waals surface area (Å²) in [5.41, 5.74) is -2.15. The number of aromatic hydroxyl groups is 3. The van der Waals surface area contributed by atoms with E-state index in [9.17, 15) is 55.9 Å². The van der Waals surface area contributed by atoms with Gasteiger partial charge in [0.2, 0.25) is 0 Å². The number of benzene rings is 2. The first kappa shape index (κ1) is 28.2. The van der Waals surface area contributed by atoms with Crippen molar-refractivity contribution < 1.29 is 65.0 Å². The van der Waals surface area contributed by atoms with E-state index in [1.807, 2.05) is 0 Å². The largest absolute Gasteiger partial charge is 0.508 e. The normalized spacial score (nSPS) is 32.8. The Labute approximate surface area is 224 Å². The van der Waals surface area contributed by atoms with E-state index in [-0.39, 0.29) is 11.5 Å². The summed E-state index contributed by atoms with van der Waals surface area (Å²) in [5.74, 6) is -2.01. The first-order valence-electron chi connectivity index (χ1n) is 12.3. The predicted molar refractivity (Wildman–Crippen MR) is 132 cm³/mol. The Morgan fingerprint density at radius 1 is 0.775 bits per heavy atom. The number of rotatable bonds is 4. The molecule has 0 amide bonds. The molecule has 3 heterocycles. The number of hydrogen-bond acceptors (Lipinski definition) is 14. The van der Waals surface area contributed by atoms with Crippen molar-refractivity contribution in [2.45, 2.75) is 54.9 Å². The lowest BCUT2D eigenvalue weighted by Gasteiger charge is -2.41. The second-order valence-corrected chi connectivity index (χ2v) is 9.80. The van der Waals surface area contributed by atoms with Gasteiger partial charge in [0, 0.05) is 11.6 Å². The van der Waals surface area contributed by atoms with Gasteiger partial charge in [0.25, 0.3) is 0 Å². The molecule has 2 aliphatic heterocycles. The number of fused-ring (bicyclic) bond motifs is 1. The monoisotopic (exact) mass is 564 g/mol. The van der Waals surface area contributed by atoms with E-state index in [0.29, 0.717) is 5.56 Å². The number of aliphatic hydroxyl groups excluding tert-OH is 7. The molecular formula is C26H28O14. The van der Waals surface area contributed by atoms with Gasteiger partial charge in [0.1, 0.15) is 83.3 Å². The molecular weight excluding hydrogens is 536 g/mol. The Kier molecular flexibility index (Phi) is 7.47. The average Bonchev–Trinajstić information content (AvgIpc) is 2.92. The van der Waals surface area contributed by atoms with Crippen LogP contribution in [0.4, 0.5) is 0 Å². The van der Waals surface area contributed by atoms with Crippen LogP contribution >= 0.6 is 0 Å². The Morgan fingerprint density at radius 3 is 2.08 bits per heavy atom. The van der Waals surface area contributed by atoms with Crippen molar-refractivity contribution in [1.29, 1.82) is 0 Å². The van der Waals surface area contributed by atoms with E-state index in [1.165, 1.54) is 24.3 Å². The minimum Gasteiger partial charge on any atom is -0.508 e. The van der Waals surface area contributed by atoms with Crippen molar-refractivity contribution in [2.24, 2.45) is 0 Å². The van der Waals surface area contributed by atoms with Gasteiger partial charge in [-0.25, -0.2) is 0 Å². The minimum absolute atomic E-state index is 0.0710. The SMILES string of the molecule is O=c1cc(-c2ccc(O)cc2)oc2c([C@H]3OC[C@H](O)[C@H](O)[C@@H]3O)c(O)c([C@H]3O[C@H](CO)[C@@H](O)[C@@H](O)[C@H]3O)c(O)c12. The van der Waals surface area contributed by atoms with Crippen LogP contribution < -0.4 is 5.43 Å². The fourth-order valence-corrected chi connectivity index (χ4v) is 5.11. The van der Waals surface area contributed by atoms with Crippen molar-refractivity contribution in [3.63, 3.8) is 0 Å². The Bertz CT molecular complexity index is 1450. The van der Waals surface area contributed by atoms with Crippen LogP contribution in [-0.2, 0) is 9.47 Å². The minimum atomic E-state index is -1.98. The molecule has 5 rings (SSSR count). The number of phenolic OH excluding ortho intramolecular Hbond substituents is 3. The molecule has 0 unspecified atom stereocenters. The van der Waals surface area contributed by atoms with Gasteiger partial charge in [-0.1, -0.05) is 0 Å². The van der Waals surface area contributed by atoms with Gasteiger partial charge in [-0.2, -0.15) is 0 Å². The Hall–Kier alpha value is -3.31. The third kappa shape index (κ3) is 4.49. The second-order valence-electron chi connectivity index (χ2n) is 9.80. The molecule has 0 bridgehead atoms. The molecule has 0 spiro atoms. The zero-order chi connectivity index (χ0) is 29.0. The molecule has 14 nitrogen and oxygen atoms in total. The molecule has 2 aromatic carbocycles. The van der Waals surface area contributed by atoms with Crippen LogP contribution in [0.3, 0.4) is 0 Å². The lowest BCUT2D eigenvalue weighted by Crippen LogP contribution is -2.55. The number of hydrogen-bond donors (Lipinski definition) is 10. The fraction of sp³-hybridized carbons (Fsp3) is 0.423. The topological polar surface area (TPSA) is 251 Å². The van der Waals surface area contributed by atoms with Gasteiger partial charge < -0.3 is 65.0 Å². The van der Waals surface area contributed by atoms with E-state index in [2.05, 4.69) is 0 Å². The van der Waals surface area contributed by atoms with Gasteiger partial charge in [0.15, 0.2) is 11.0 Å². The second kappa shape index (κ2) is 10.6. The molecule has 10 N–H and O–H groups in total. The van der Waals surface area contributed by atoms with Crippen LogP contribution in [-0.4, -0.2) is 107 Å². The number of phenols is 3. The van der Waals surface area contributed by atoms with Crippen molar-refractivity contribution in [3.05, 3.63) is 51.7 Å². The molecule has 2 saturated heterocycles. The van der Waals surface area contributed by atoms with Crippen molar-refractivity contribution in [3.8, 4) is 28.6 Å². The molecule has 9 atom stereocenters. The van der Waals surface area contributed by atoms with E-state index >= 15 is 0 Å². The van der Waals surface area contributed by atoms with Crippen LogP contribution in [0.15, 0.2) is 39.5 Å². The standard InChI is InChI=1S/C26H28O14/c27-6-13-18(32)21(35)23(37)26(40-13)15-19(33)14-10(29)5-12(8-1-3-9(28)4-2-8)39-24(14)16(20(15)34)25-22(36)17(31)11(30)7-38-25/h1-5,11,13,17-18,21-23,25-28,30-37H,6-7H2/t11-,13+,17-,18+,21+,22-,23+,25+,26+/m0/s1. The maximum absolute atomic E-state index is 13.4. The smallest absolute Gasteiger partial charge is 0.197 e. The van der Waals surface area contributed by atoms with Crippen LogP contribution in [0.25, 0.3) is 22.3 Å². The summed E-state index contributed by atoms with van der Waals surface area (Å²) in [6.07, 6.45) is -15.7. The average molecular weight is 564 g/mol. The van der Waals surface area contributed by atoms with Crippen LogP contribution in [0.5, 0.6) is 17.2 Å². The summed E-state index contributed by atoms with van der Waals surface area (Å²) in [6, 6.07) is 6.50. The number of ether oxygens (including phenoxy) is 2. The van der Waals surface area contributed by atoms with Gasteiger partial charge in [-0.05, 0) is 24.3 Å². The maximum atomic E-state index is 13.4. The highest BCUT2D eigenvalue weighted by Crippen LogP contribution is 2.50. The first-order chi connectivity index (χ1) is 19.0. The zero-order valence-corrected chi connectivity index (χ0v) is 20.6. The highest BCUT2D eigenvalue weighted by Gasteiger charge is 2.48. The van der Waals surface area contributed by atoms with Gasteiger partial charge in [0.05, 0.1) is 24.3 Å². The third-order valence-corrected chi connectivity index (χ3v) is 7.31. The van der Waals surface area contributed by atoms with E-state index < -0.39 is 107 Å². The van der Waals surface area contributed by atoms with Gasteiger partial charge in [-0.3, -0.25) is 4.79 Å². The molecule has 14 heteroatoms. The summed E-state index contributed by atoms with van der Waals surface area (Å²) < 4.78 is 16.9. The zero-order valence-electron chi connectivity index (χ0n) is 20.6. The molecule has 40 heavy (non-hydrogen) atoms. The van der Waals surface area contributed by atoms with Crippen LogP contribution in [0.1, 0.15) is 23.3 Å². The Balaban J connectivity index is 1.80. The summed E-state index contributed by atoms with van der Waals surface area (Å²) in [6.45, 7) is -1.34. The van der Waals surface area contributed by atoms with Crippen molar-refractivity contribution >= 4 is 11.0 Å². The molecule has 0 aliphatic carbocycles. The van der Waals surface area contributed by atoms with Gasteiger partial charge >= 0.3 is 0 Å². The lowest BCUT2D eigenvalue weighted by atomic mass is 9.85. The van der Waals surface area contributed by atoms with E-state index in [0.717, 1.165) is 6.07 Å². The van der Waals surface area contributed by atoms with Gasteiger partial charge in [-0.15, -0.1) is 0 Å². The van der Waals surface area contributed by atoms with Crippen molar-refractivity contribution in [1.82, 2.24) is 0 Å². The molecule has 1 aromatic heterocycles.